The van der Waals surface area contributed by atoms with Crippen molar-refractivity contribution >= 4 is 40.2 Å². The molecule has 0 saturated heterocycles. The summed E-state index contributed by atoms with van der Waals surface area (Å²) >= 11 is 8.90. The first-order valence-corrected chi connectivity index (χ1v) is 8.62. The summed E-state index contributed by atoms with van der Waals surface area (Å²) in [7, 11) is 0. The van der Waals surface area contributed by atoms with Crippen molar-refractivity contribution in [2.75, 3.05) is 0 Å². The van der Waals surface area contributed by atoms with Crippen LogP contribution in [-0.2, 0) is 6.54 Å². The Morgan fingerprint density at radius 2 is 2.05 bits per heavy atom. The van der Waals surface area contributed by atoms with Gasteiger partial charge in [-0.15, -0.1) is 21.5 Å². The SMILES string of the molecule is Cc1csc(C(=O)NCc2nnc(-c3ccccc3)s2)c1Cl. The summed E-state index contributed by atoms with van der Waals surface area (Å²) in [6.07, 6.45) is 0. The van der Waals surface area contributed by atoms with Gasteiger partial charge in [-0.3, -0.25) is 4.79 Å². The fourth-order valence-electron chi connectivity index (χ4n) is 1.84. The molecule has 3 aromatic rings. The number of carbonyl (C=O) groups excluding carboxylic acids is 1. The summed E-state index contributed by atoms with van der Waals surface area (Å²) in [5, 5.41) is 15.1. The Kier molecular flexibility index (Phi) is 4.52. The van der Waals surface area contributed by atoms with E-state index < -0.39 is 0 Å². The van der Waals surface area contributed by atoms with Gasteiger partial charge < -0.3 is 5.32 Å². The second-order valence-corrected chi connectivity index (χ2v) is 6.93. The van der Waals surface area contributed by atoms with Crippen LogP contribution in [0, 0.1) is 6.92 Å². The molecule has 7 heteroatoms. The average Bonchev–Trinajstić information content (AvgIpc) is 3.14. The van der Waals surface area contributed by atoms with Crippen LogP contribution in [0.3, 0.4) is 0 Å². The smallest absolute Gasteiger partial charge is 0.263 e. The van der Waals surface area contributed by atoms with E-state index in [2.05, 4.69) is 15.5 Å². The third kappa shape index (κ3) is 3.19. The molecule has 0 bridgehead atoms. The molecule has 0 spiro atoms. The molecule has 0 unspecified atom stereocenters. The maximum Gasteiger partial charge on any atom is 0.263 e. The fourth-order valence-corrected chi connectivity index (χ4v) is 3.82. The second-order valence-electron chi connectivity index (χ2n) is 4.61. The second kappa shape index (κ2) is 6.56. The maximum absolute atomic E-state index is 12.1. The monoisotopic (exact) mass is 349 g/mol. The number of thiophene rings is 1. The average molecular weight is 350 g/mol. The van der Waals surface area contributed by atoms with Crippen LogP contribution in [0.5, 0.6) is 0 Å². The van der Waals surface area contributed by atoms with Crippen molar-refractivity contribution in [3.63, 3.8) is 0 Å². The number of halogens is 1. The van der Waals surface area contributed by atoms with Gasteiger partial charge in [0.15, 0.2) is 0 Å². The summed E-state index contributed by atoms with van der Waals surface area (Å²) in [6, 6.07) is 9.84. The lowest BCUT2D eigenvalue weighted by molar-refractivity contribution is 0.0955. The first-order valence-electron chi connectivity index (χ1n) is 6.54. The van der Waals surface area contributed by atoms with Crippen molar-refractivity contribution < 1.29 is 4.79 Å². The van der Waals surface area contributed by atoms with Crippen molar-refractivity contribution in [2.24, 2.45) is 0 Å². The highest BCUT2D eigenvalue weighted by molar-refractivity contribution is 7.14. The van der Waals surface area contributed by atoms with E-state index in [0.717, 1.165) is 21.1 Å². The van der Waals surface area contributed by atoms with Gasteiger partial charge in [-0.2, -0.15) is 0 Å². The molecule has 0 aliphatic carbocycles. The molecule has 22 heavy (non-hydrogen) atoms. The highest BCUT2D eigenvalue weighted by Gasteiger charge is 2.15. The van der Waals surface area contributed by atoms with Gasteiger partial charge in [0.2, 0.25) is 0 Å². The van der Waals surface area contributed by atoms with Gasteiger partial charge in [0.05, 0.1) is 11.6 Å². The van der Waals surface area contributed by atoms with E-state index in [4.69, 9.17) is 11.6 Å². The van der Waals surface area contributed by atoms with Crippen LogP contribution in [0.25, 0.3) is 10.6 Å². The number of benzene rings is 1. The lowest BCUT2D eigenvalue weighted by atomic mass is 10.2. The van der Waals surface area contributed by atoms with Crippen molar-refractivity contribution in [3.05, 3.63) is 56.2 Å². The van der Waals surface area contributed by atoms with Crippen LogP contribution in [0.2, 0.25) is 5.02 Å². The summed E-state index contributed by atoms with van der Waals surface area (Å²) in [5.74, 6) is -0.181. The minimum Gasteiger partial charge on any atom is -0.345 e. The quantitative estimate of drug-likeness (QED) is 0.769. The molecule has 3 rings (SSSR count). The molecule has 2 heterocycles. The molecule has 0 saturated carbocycles. The summed E-state index contributed by atoms with van der Waals surface area (Å²) in [5.41, 5.74) is 1.94. The highest BCUT2D eigenvalue weighted by atomic mass is 35.5. The Morgan fingerprint density at radius 1 is 1.27 bits per heavy atom. The lowest BCUT2D eigenvalue weighted by Crippen LogP contribution is -2.22. The number of aromatic nitrogens is 2. The lowest BCUT2D eigenvalue weighted by Gasteiger charge is -2.01. The molecule has 2 aromatic heterocycles. The predicted octanol–water partition coefficient (Wildman–Crippen LogP) is 4.16. The first-order chi connectivity index (χ1) is 10.6. The molecule has 0 aliphatic rings. The van der Waals surface area contributed by atoms with Crippen LogP contribution < -0.4 is 5.32 Å². The highest BCUT2D eigenvalue weighted by Crippen LogP contribution is 2.27. The molecule has 4 nitrogen and oxygen atoms in total. The molecule has 112 valence electrons. The minimum atomic E-state index is -0.181. The molecule has 0 atom stereocenters. The van der Waals surface area contributed by atoms with Crippen LogP contribution in [0.1, 0.15) is 20.2 Å². The summed E-state index contributed by atoms with van der Waals surface area (Å²) in [4.78, 5) is 12.6. The van der Waals surface area contributed by atoms with Gasteiger partial charge in [-0.05, 0) is 17.9 Å². The Hall–Kier alpha value is -1.76. The number of amides is 1. The van der Waals surface area contributed by atoms with E-state index >= 15 is 0 Å². The van der Waals surface area contributed by atoms with E-state index in [0.29, 0.717) is 16.4 Å². The van der Waals surface area contributed by atoms with Crippen LogP contribution in [0.15, 0.2) is 35.7 Å². The molecule has 1 N–H and O–H groups in total. The Morgan fingerprint density at radius 3 is 2.73 bits per heavy atom. The van der Waals surface area contributed by atoms with Crippen molar-refractivity contribution in [1.29, 1.82) is 0 Å². The van der Waals surface area contributed by atoms with E-state index in [1.807, 2.05) is 42.6 Å². The van der Waals surface area contributed by atoms with Crippen molar-refractivity contribution in [2.45, 2.75) is 13.5 Å². The minimum absolute atomic E-state index is 0.181. The number of aryl methyl sites for hydroxylation is 1. The summed E-state index contributed by atoms with van der Waals surface area (Å²) in [6.45, 7) is 2.23. The molecule has 0 radical (unpaired) electrons. The van der Waals surface area contributed by atoms with Gasteiger partial charge in [-0.1, -0.05) is 53.3 Å². The maximum atomic E-state index is 12.1. The largest absolute Gasteiger partial charge is 0.345 e. The molecule has 0 aliphatic heterocycles. The van der Waals surface area contributed by atoms with E-state index in [-0.39, 0.29) is 5.91 Å². The topological polar surface area (TPSA) is 54.9 Å². The fraction of sp³-hybridized carbons (Fsp3) is 0.133. The molecule has 0 fully saturated rings. The Labute approximate surface area is 140 Å². The number of hydrogen-bond acceptors (Lipinski definition) is 5. The predicted molar refractivity (Wildman–Crippen MR) is 90.6 cm³/mol. The van der Waals surface area contributed by atoms with Gasteiger partial charge in [-0.25, -0.2) is 0 Å². The zero-order chi connectivity index (χ0) is 15.5. The Bertz CT molecular complexity index is 798. The molecule has 1 aromatic carbocycles. The normalized spacial score (nSPS) is 10.6. The van der Waals surface area contributed by atoms with Gasteiger partial charge in [0.25, 0.3) is 5.91 Å². The molecular weight excluding hydrogens is 338 g/mol. The first kappa shape index (κ1) is 15.1. The number of hydrogen-bond donors (Lipinski definition) is 1. The van der Waals surface area contributed by atoms with Crippen LogP contribution >= 0.6 is 34.3 Å². The van der Waals surface area contributed by atoms with E-state index in [1.54, 1.807) is 0 Å². The van der Waals surface area contributed by atoms with Crippen molar-refractivity contribution in [1.82, 2.24) is 15.5 Å². The summed E-state index contributed by atoms with van der Waals surface area (Å²) < 4.78 is 0. The molecule has 1 amide bonds. The number of rotatable bonds is 4. The number of carbonyl (C=O) groups is 1. The zero-order valence-corrected chi connectivity index (χ0v) is 14.1. The van der Waals surface area contributed by atoms with Crippen molar-refractivity contribution in [3.8, 4) is 10.6 Å². The number of nitrogens with one attached hydrogen (secondary N) is 1. The van der Waals surface area contributed by atoms with Gasteiger partial charge in [0.1, 0.15) is 14.9 Å². The zero-order valence-electron chi connectivity index (χ0n) is 11.7. The van der Waals surface area contributed by atoms with Gasteiger partial charge in [0, 0.05) is 5.56 Å². The standard InChI is InChI=1S/C15H12ClN3OS2/c1-9-8-21-13(12(9)16)14(20)17-7-11-18-19-15(22-11)10-5-3-2-4-6-10/h2-6,8H,7H2,1H3,(H,17,20). The van der Waals surface area contributed by atoms with Gasteiger partial charge >= 0.3 is 0 Å². The number of nitrogens with zero attached hydrogens (tertiary/aromatic N) is 2. The Balaban J connectivity index is 1.66. The third-order valence-electron chi connectivity index (χ3n) is 2.99. The van der Waals surface area contributed by atoms with E-state index in [1.165, 1.54) is 22.7 Å². The van der Waals surface area contributed by atoms with E-state index in [9.17, 15) is 4.79 Å². The van der Waals surface area contributed by atoms with Crippen LogP contribution in [-0.4, -0.2) is 16.1 Å². The van der Waals surface area contributed by atoms with Crippen LogP contribution in [0.4, 0.5) is 0 Å². The molecular formula is C15H12ClN3OS2. The third-order valence-corrected chi connectivity index (χ3v) is 5.66.